The summed E-state index contributed by atoms with van der Waals surface area (Å²) in [6.07, 6.45) is 0.363. The number of esters is 1. The first kappa shape index (κ1) is 23.4. The zero-order chi connectivity index (χ0) is 23.1. The zero-order valence-corrected chi connectivity index (χ0v) is 18.6. The highest BCUT2D eigenvalue weighted by atomic mass is 35.5. The summed E-state index contributed by atoms with van der Waals surface area (Å²) in [5.74, 6) is -0.364. The fourth-order valence-electron chi connectivity index (χ4n) is 3.08. The van der Waals surface area contributed by atoms with Crippen LogP contribution in [0.1, 0.15) is 30.6 Å². The molecule has 0 radical (unpaired) electrons. The molecule has 32 heavy (non-hydrogen) atoms. The maximum atomic E-state index is 12.6. The highest BCUT2D eigenvalue weighted by Crippen LogP contribution is 2.32. The van der Waals surface area contributed by atoms with E-state index in [2.05, 4.69) is 10.6 Å². The Labute approximate surface area is 191 Å². The number of carbonyl (C=O) groups is 3. The number of hydrogen-bond acceptors (Lipinski definition) is 6. The van der Waals surface area contributed by atoms with Crippen molar-refractivity contribution >= 4 is 35.1 Å². The molecule has 170 valence electrons. The predicted octanol–water partition coefficient (Wildman–Crippen LogP) is 3.44. The van der Waals surface area contributed by atoms with E-state index in [9.17, 15) is 14.4 Å². The molecule has 0 aliphatic carbocycles. The van der Waals surface area contributed by atoms with Crippen LogP contribution in [-0.4, -0.2) is 43.6 Å². The first-order valence-electron chi connectivity index (χ1n) is 10.2. The number of anilines is 1. The SMILES string of the molecule is CC(C)CC(NC(=O)c1ccc(Cl)cc1)C(=O)OCC(=O)Nc1ccc2c(c1)OCCO2. The minimum atomic E-state index is -0.889. The van der Waals surface area contributed by atoms with Crippen LogP contribution < -0.4 is 20.1 Å². The van der Waals surface area contributed by atoms with Gasteiger partial charge in [0, 0.05) is 22.3 Å². The van der Waals surface area contributed by atoms with Crippen LogP contribution in [0.2, 0.25) is 5.02 Å². The smallest absolute Gasteiger partial charge is 0.329 e. The molecule has 1 heterocycles. The number of amides is 2. The minimum absolute atomic E-state index is 0.115. The third-order valence-corrected chi connectivity index (χ3v) is 4.83. The van der Waals surface area contributed by atoms with Gasteiger partial charge in [-0.15, -0.1) is 0 Å². The summed E-state index contributed by atoms with van der Waals surface area (Å²) in [7, 11) is 0. The number of carbonyl (C=O) groups excluding carboxylic acids is 3. The normalized spacial score (nSPS) is 13.2. The molecule has 1 aliphatic heterocycles. The van der Waals surface area contributed by atoms with E-state index in [1.54, 1.807) is 42.5 Å². The topological polar surface area (TPSA) is 103 Å². The molecule has 2 N–H and O–H groups in total. The molecule has 9 heteroatoms. The summed E-state index contributed by atoms with van der Waals surface area (Å²) < 4.78 is 16.1. The van der Waals surface area contributed by atoms with Gasteiger partial charge in [-0.3, -0.25) is 9.59 Å². The molecule has 1 aliphatic rings. The van der Waals surface area contributed by atoms with Gasteiger partial charge in [0.15, 0.2) is 18.1 Å². The number of hydrogen-bond donors (Lipinski definition) is 2. The Kier molecular flexibility index (Phi) is 7.94. The van der Waals surface area contributed by atoms with Gasteiger partial charge >= 0.3 is 5.97 Å². The van der Waals surface area contributed by atoms with Crippen molar-refractivity contribution in [2.75, 3.05) is 25.1 Å². The van der Waals surface area contributed by atoms with Crippen LogP contribution >= 0.6 is 11.6 Å². The van der Waals surface area contributed by atoms with E-state index in [0.717, 1.165) is 0 Å². The largest absolute Gasteiger partial charge is 0.486 e. The number of fused-ring (bicyclic) bond motifs is 1. The van der Waals surface area contributed by atoms with Gasteiger partial charge in [-0.25, -0.2) is 4.79 Å². The zero-order valence-electron chi connectivity index (χ0n) is 17.9. The lowest BCUT2D eigenvalue weighted by Gasteiger charge is -2.20. The highest BCUT2D eigenvalue weighted by Gasteiger charge is 2.25. The van der Waals surface area contributed by atoms with Crippen molar-refractivity contribution in [1.82, 2.24) is 5.32 Å². The Balaban J connectivity index is 1.55. The van der Waals surface area contributed by atoms with Crippen LogP contribution in [0, 0.1) is 5.92 Å². The summed E-state index contributed by atoms with van der Waals surface area (Å²) in [6.45, 7) is 4.26. The maximum Gasteiger partial charge on any atom is 0.329 e. The van der Waals surface area contributed by atoms with Crippen LogP contribution in [0.15, 0.2) is 42.5 Å². The van der Waals surface area contributed by atoms with Gasteiger partial charge in [-0.1, -0.05) is 25.4 Å². The fourth-order valence-corrected chi connectivity index (χ4v) is 3.21. The first-order chi connectivity index (χ1) is 15.3. The van der Waals surface area contributed by atoms with Crippen molar-refractivity contribution in [2.45, 2.75) is 26.3 Å². The Morgan fingerprint density at radius 2 is 1.72 bits per heavy atom. The van der Waals surface area contributed by atoms with Crippen LogP contribution in [-0.2, 0) is 14.3 Å². The van der Waals surface area contributed by atoms with E-state index in [4.69, 9.17) is 25.8 Å². The number of ether oxygens (including phenoxy) is 3. The quantitative estimate of drug-likeness (QED) is 0.585. The third kappa shape index (κ3) is 6.62. The summed E-state index contributed by atoms with van der Waals surface area (Å²) in [4.78, 5) is 37.3. The van der Waals surface area contributed by atoms with Crippen molar-refractivity contribution in [3.05, 3.63) is 53.1 Å². The summed E-state index contributed by atoms with van der Waals surface area (Å²) in [5, 5.41) is 5.82. The molecule has 1 atom stereocenters. The minimum Gasteiger partial charge on any atom is -0.486 e. The number of nitrogens with one attached hydrogen (secondary N) is 2. The van der Waals surface area contributed by atoms with E-state index in [-0.39, 0.29) is 5.92 Å². The van der Waals surface area contributed by atoms with Gasteiger partial charge in [0.1, 0.15) is 19.3 Å². The van der Waals surface area contributed by atoms with Gasteiger partial charge in [-0.2, -0.15) is 0 Å². The van der Waals surface area contributed by atoms with Gasteiger partial charge < -0.3 is 24.8 Å². The van der Waals surface area contributed by atoms with Crippen molar-refractivity contribution in [2.24, 2.45) is 5.92 Å². The van der Waals surface area contributed by atoms with Gasteiger partial charge in [0.05, 0.1) is 0 Å². The summed E-state index contributed by atoms with van der Waals surface area (Å²) in [6, 6.07) is 10.4. The molecule has 2 aromatic rings. The molecule has 3 rings (SSSR count). The molecule has 2 amide bonds. The van der Waals surface area contributed by atoms with Crippen molar-refractivity contribution in [1.29, 1.82) is 0 Å². The maximum absolute atomic E-state index is 12.6. The summed E-state index contributed by atoms with van der Waals surface area (Å²) >= 11 is 5.85. The molecule has 0 fully saturated rings. The average molecular weight is 461 g/mol. The third-order valence-electron chi connectivity index (χ3n) is 4.57. The Bertz CT molecular complexity index is 977. The monoisotopic (exact) mass is 460 g/mol. The van der Waals surface area contributed by atoms with Crippen LogP contribution in [0.4, 0.5) is 5.69 Å². The predicted molar refractivity (Wildman–Crippen MR) is 119 cm³/mol. The highest BCUT2D eigenvalue weighted by molar-refractivity contribution is 6.30. The molecule has 0 spiro atoms. The number of rotatable bonds is 8. The van der Waals surface area contributed by atoms with Crippen molar-refractivity contribution in [3.8, 4) is 11.5 Å². The Morgan fingerprint density at radius 3 is 2.41 bits per heavy atom. The molecule has 0 saturated heterocycles. The van der Waals surface area contributed by atoms with Crippen LogP contribution in [0.5, 0.6) is 11.5 Å². The number of halogens is 1. The molecular formula is C23H25ClN2O6. The second kappa shape index (κ2) is 10.9. The molecular weight excluding hydrogens is 436 g/mol. The lowest BCUT2D eigenvalue weighted by Crippen LogP contribution is -2.43. The average Bonchev–Trinajstić information content (AvgIpc) is 2.77. The molecule has 2 aromatic carbocycles. The van der Waals surface area contributed by atoms with Gasteiger partial charge in [-0.05, 0) is 48.7 Å². The standard InChI is InChI=1S/C23H25ClN2O6/c1-14(2)11-18(26-22(28)15-3-5-16(24)6-4-15)23(29)32-13-21(27)25-17-7-8-19-20(12-17)31-10-9-30-19/h3-8,12,14,18H,9-11,13H2,1-2H3,(H,25,27)(H,26,28). The van der Waals surface area contributed by atoms with Crippen LogP contribution in [0.3, 0.4) is 0 Å². The van der Waals surface area contributed by atoms with E-state index in [0.29, 0.717) is 47.4 Å². The van der Waals surface area contributed by atoms with E-state index >= 15 is 0 Å². The Morgan fingerprint density at radius 1 is 1.03 bits per heavy atom. The molecule has 8 nitrogen and oxygen atoms in total. The fraction of sp³-hybridized carbons (Fsp3) is 0.348. The second-order valence-electron chi connectivity index (χ2n) is 7.68. The second-order valence-corrected chi connectivity index (χ2v) is 8.11. The number of benzene rings is 2. The lowest BCUT2D eigenvalue weighted by atomic mass is 10.0. The van der Waals surface area contributed by atoms with Gasteiger partial charge in [0.25, 0.3) is 11.8 Å². The van der Waals surface area contributed by atoms with E-state index in [1.807, 2.05) is 13.8 Å². The van der Waals surface area contributed by atoms with Gasteiger partial charge in [0.2, 0.25) is 0 Å². The van der Waals surface area contributed by atoms with Crippen LogP contribution in [0.25, 0.3) is 0 Å². The first-order valence-corrected chi connectivity index (χ1v) is 10.6. The lowest BCUT2D eigenvalue weighted by molar-refractivity contribution is -0.149. The Hall–Kier alpha value is -3.26. The molecule has 1 unspecified atom stereocenters. The summed E-state index contributed by atoms with van der Waals surface area (Å²) in [5.41, 5.74) is 0.859. The van der Waals surface area contributed by atoms with Crippen molar-refractivity contribution < 1.29 is 28.6 Å². The van der Waals surface area contributed by atoms with Crippen molar-refractivity contribution in [3.63, 3.8) is 0 Å². The molecule has 0 aromatic heterocycles. The molecule has 0 saturated carbocycles. The van der Waals surface area contributed by atoms with E-state index in [1.165, 1.54) is 0 Å². The molecule has 0 bridgehead atoms. The van der Waals surface area contributed by atoms with E-state index < -0.39 is 30.4 Å².